The summed E-state index contributed by atoms with van der Waals surface area (Å²) in [6, 6.07) is 0. The predicted molar refractivity (Wildman–Crippen MR) is 184 cm³/mol. The molecule has 0 aromatic rings. The van der Waals surface area contributed by atoms with Crippen molar-refractivity contribution in [1.29, 1.82) is 0 Å². The molecule has 0 heterocycles. The molecule has 2 aliphatic carbocycles. The van der Waals surface area contributed by atoms with E-state index < -0.39 is 0 Å². The molecule has 0 aliphatic heterocycles. The molecule has 0 amide bonds. The van der Waals surface area contributed by atoms with E-state index in [1.165, 1.54) is 118 Å². The maximum atomic E-state index is 4.35. The fraction of sp³-hybridized carbons (Fsp3) is 0.500. The molecular formula is C40H60. The minimum atomic E-state index is 0.293. The minimum absolute atomic E-state index is 0.293. The number of unbranched alkanes of at least 4 members (excludes halogenated alkanes) is 6. The Morgan fingerprint density at radius 3 is 1.23 bits per heavy atom. The first-order chi connectivity index (χ1) is 18.9. The molecule has 0 saturated heterocycles. The highest BCUT2D eigenvalue weighted by Gasteiger charge is 2.32. The lowest BCUT2D eigenvalue weighted by Gasteiger charge is -2.16. The van der Waals surface area contributed by atoms with Gasteiger partial charge in [0.1, 0.15) is 0 Å². The van der Waals surface area contributed by atoms with Crippen molar-refractivity contribution < 1.29 is 0 Å². The van der Waals surface area contributed by atoms with E-state index in [1.54, 1.807) is 0 Å². The molecule has 0 radical (unpaired) electrons. The van der Waals surface area contributed by atoms with Crippen LogP contribution in [0.5, 0.6) is 0 Å². The second kappa shape index (κ2) is 17.3. The van der Waals surface area contributed by atoms with Gasteiger partial charge in [0.15, 0.2) is 0 Å². The van der Waals surface area contributed by atoms with Crippen LogP contribution in [0.15, 0.2) is 119 Å². The molecule has 0 spiro atoms. The highest BCUT2D eigenvalue weighted by atomic mass is 14.4. The van der Waals surface area contributed by atoms with Crippen LogP contribution in [0.2, 0.25) is 0 Å². The van der Waals surface area contributed by atoms with E-state index in [9.17, 15) is 0 Å². The van der Waals surface area contributed by atoms with Crippen molar-refractivity contribution in [2.75, 3.05) is 0 Å². The van der Waals surface area contributed by atoms with Crippen molar-refractivity contribution in [2.24, 2.45) is 11.8 Å². The van der Waals surface area contributed by atoms with E-state index in [0.29, 0.717) is 11.8 Å². The fourth-order valence-electron chi connectivity index (χ4n) is 6.52. The third kappa shape index (κ3) is 8.70. The largest absolute Gasteiger partial charge is 0.0992 e. The van der Waals surface area contributed by atoms with E-state index in [1.807, 2.05) is 0 Å². The molecule has 0 aromatic heterocycles. The van der Waals surface area contributed by atoms with Crippen LogP contribution in [0.4, 0.5) is 0 Å². The molecule has 2 atom stereocenters. The van der Waals surface area contributed by atoms with Crippen molar-refractivity contribution in [3.8, 4) is 0 Å². The van der Waals surface area contributed by atoms with Gasteiger partial charge in [-0.15, -0.1) is 0 Å². The first kappa shape index (κ1) is 35.4. The van der Waals surface area contributed by atoms with Crippen LogP contribution in [0.3, 0.4) is 0 Å². The van der Waals surface area contributed by atoms with Crippen molar-refractivity contribution in [3.05, 3.63) is 119 Å². The minimum Gasteiger partial charge on any atom is -0.0992 e. The summed E-state index contributed by atoms with van der Waals surface area (Å²) in [6.07, 6.45) is 16.9. The van der Waals surface area contributed by atoms with Crippen LogP contribution < -0.4 is 0 Å². The summed E-state index contributed by atoms with van der Waals surface area (Å²) >= 11 is 0. The molecule has 0 nitrogen and oxygen atoms in total. The average Bonchev–Trinajstić information content (AvgIpc) is 3.31. The molecular weight excluding hydrogens is 480 g/mol. The third-order valence-corrected chi connectivity index (χ3v) is 8.56. The lowest BCUT2D eigenvalue weighted by molar-refractivity contribution is 0.632. The highest BCUT2D eigenvalue weighted by Crippen LogP contribution is 2.47. The van der Waals surface area contributed by atoms with Gasteiger partial charge in [-0.1, -0.05) is 115 Å². The Bertz CT molecular complexity index is 1120. The van der Waals surface area contributed by atoms with Crippen LogP contribution in [0.1, 0.15) is 120 Å². The number of allylic oxidation sites excluding steroid dienone is 14. The normalized spacial score (nSPS) is 20.9. The van der Waals surface area contributed by atoms with Gasteiger partial charge >= 0.3 is 0 Å². The molecule has 0 saturated carbocycles. The number of hydrogen-bond donors (Lipinski definition) is 0. The second-order valence-electron chi connectivity index (χ2n) is 11.9. The summed E-state index contributed by atoms with van der Waals surface area (Å²) in [4.78, 5) is 0. The predicted octanol–water partition coefficient (Wildman–Crippen LogP) is 13.1. The van der Waals surface area contributed by atoms with E-state index >= 15 is 0 Å². The molecule has 0 fully saturated rings. The van der Waals surface area contributed by atoms with Gasteiger partial charge in [0.2, 0.25) is 0 Å². The third-order valence-electron chi connectivity index (χ3n) is 8.56. The molecule has 0 heteroatoms. The second-order valence-corrected chi connectivity index (χ2v) is 11.9. The smallest absolute Gasteiger partial charge is 0.0293 e. The maximum absolute atomic E-state index is 4.35. The van der Waals surface area contributed by atoms with E-state index in [0.717, 1.165) is 12.8 Å². The first-order valence-electron chi connectivity index (χ1n) is 15.7. The summed E-state index contributed by atoms with van der Waals surface area (Å²) in [7, 11) is 0. The van der Waals surface area contributed by atoms with Gasteiger partial charge in [0.05, 0.1) is 0 Å². The quantitative estimate of drug-likeness (QED) is 0.152. The number of hydrogen-bond acceptors (Lipinski definition) is 0. The molecule has 0 N–H and O–H groups in total. The molecule has 2 rings (SSSR count). The van der Waals surface area contributed by atoms with Crippen LogP contribution in [-0.2, 0) is 0 Å². The Hall–Kier alpha value is -2.60. The van der Waals surface area contributed by atoms with Gasteiger partial charge in [0.25, 0.3) is 0 Å². The van der Waals surface area contributed by atoms with E-state index in [-0.39, 0.29) is 0 Å². The molecule has 0 bridgehead atoms. The first-order valence-corrected chi connectivity index (χ1v) is 15.7. The lowest BCUT2D eigenvalue weighted by Crippen LogP contribution is -2.03. The summed E-state index contributed by atoms with van der Waals surface area (Å²) < 4.78 is 0. The molecule has 0 aromatic carbocycles. The topological polar surface area (TPSA) is 0 Å². The van der Waals surface area contributed by atoms with Gasteiger partial charge in [-0.3, -0.25) is 0 Å². The Balaban J connectivity index is 0.000000402. The molecule has 220 valence electrons. The van der Waals surface area contributed by atoms with Crippen molar-refractivity contribution >= 4 is 0 Å². The van der Waals surface area contributed by atoms with Crippen LogP contribution >= 0.6 is 0 Å². The Morgan fingerprint density at radius 2 is 0.925 bits per heavy atom. The Labute approximate surface area is 249 Å². The molecule has 40 heavy (non-hydrogen) atoms. The zero-order valence-electron chi connectivity index (χ0n) is 27.6. The van der Waals surface area contributed by atoms with Crippen LogP contribution in [-0.4, -0.2) is 0 Å². The van der Waals surface area contributed by atoms with Crippen LogP contribution in [0, 0.1) is 11.8 Å². The lowest BCUT2D eigenvalue weighted by atomic mass is 9.88. The van der Waals surface area contributed by atoms with Crippen LogP contribution in [0.25, 0.3) is 0 Å². The molecule has 2 aliphatic rings. The van der Waals surface area contributed by atoms with Gasteiger partial charge in [0, 0.05) is 11.8 Å². The maximum Gasteiger partial charge on any atom is 0.0293 e. The fourth-order valence-corrected chi connectivity index (χ4v) is 6.52. The van der Waals surface area contributed by atoms with Gasteiger partial charge in [-0.25, -0.2) is 0 Å². The van der Waals surface area contributed by atoms with Crippen molar-refractivity contribution in [2.45, 2.75) is 120 Å². The zero-order valence-corrected chi connectivity index (χ0v) is 27.6. The highest BCUT2D eigenvalue weighted by molar-refractivity contribution is 5.66. The van der Waals surface area contributed by atoms with E-state index in [2.05, 4.69) is 107 Å². The summed E-state index contributed by atoms with van der Waals surface area (Å²) in [5, 5.41) is 0. The summed E-state index contributed by atoms with van der Waals surface area (Å²) in [6.45, 7) is 42.9. The standard InChI is InChI=1S/C21H32.C19H28/c1-8-10-11-12-13-14-16(5)21-17(6)19(9-2)20(15(3)4)18(21)7;1-8-10-11-12-14(5)19-15(6)17(9-2)18(13(3)4)16(19)7/h9,20H,3,5,7-8,10-14H2,1-2,4,6H3;9,18H,3,5,7-8,10-12H2,1-2,4,6H3/b19-9-;17-9-. The average molecular weight is 541 g/mol. The van der Waals surface area contributed by atoms with Crippen molar-refractivity contribution in [1.82, 2.24) is 0 Å². The zero-order chi connectivity index (χ0) is 30.6. The SMILES string of the molecule is C=C(CCCCC)C1=C(C)/C(=C/C)C(C(=C)C)C1=C.C=C(CCCCCCC)C1=C(C)/C(=C/C)C(C(=C)C)C1=C. The number of rotatable bonds is 14. The van der Waals surface area contributed by atoms with Gasteiger partial charge in [-0.05, 0) is 123 Å². The Morgan fingerprint density at radius 1 is 0.600 bits per heavy atom. The monoisotopic (exact) mass is 540 g/mol. The summed E-state index contributed by atoms with van der Waals surface area (Å²) in [5.41, 5.74) is 15.3. The summed E-state index contributed by atoms with van der Waals surface area (Å²) in [5.74, 6) is 0.588. The Kier molecular flexibility index (Phi) is 15.3. The van der Waals surface area contributed by atoms with E-state index in [4.69, 9.17) is 0 Å². The molecule has 2 unspecified atom stereocenters. The van der Waals surface area contributed by atoms with Gasteiger partial charge < -0.3 is 0 Å². The van der Waals surface area contributed by atoms with Gasteiger partial charge in [-0.2, -0.15) is 0 Å². The van der Waals surface area contributed by atoms with Crippen molar-refractivity contribution in [3.63, 3.8) is 0 Å².